The van der Waals surface area contributed by atoms with Crippen LogP contribution in [0.2, 0.25) is 0 Å². The number of benzene rings is 2. The molecule has 1 fully saturated rings. The minimum Gasteiger partial charge on any atom is -0.476 e. The smallest absolute Gasteiger partial charge is 0.311 e. The maximum atomic E-state index is 13.4. The molecule has 0 spiro atoms. The molecule has 1 aliphatic heterocycles. The van der Waals surface area contributed by atoms with Crippen LogP contribution < -0.4 is 10.3 Å². The van der Waals surface area contributed by atoms with E-state index in [0.717, 1.165) is 10.9 Å². The van der Waals surface area contributed by atoms with Crippen molar-refractivity contribution in [2.75, 3.05) is 32.9 Å². The Morgan fingerprint density at radius 2 is 2.08 bits per heavy atom. The number of aromatic nitrogens is 2. The summed E-state index contributed by atoms with van der Waals surface area (Å²) in [6.07, 6.45) is 2.04. The van der Waals surface area contributed by atoms with Gasteiger partial charge in [0.25, 0.3) is 11.5 Å². The Morgan fingerprint density at radius 3 is 2.78 bits per heavy atom. The van der Waals surface area contributed by atoms with Crippen LogP contribution in [-0.2, 0) is 9.53 Å². The molecule has 12 heteroatoms. The highest BCUT2D eigenvalue weighted by atomic mass is 79.9. The van der Waals surface area contributed by atoms with Crippen LogP contribution in [0.15, 0.2) is 50.8 Å². The van der Waals surface area contributed by atoms with Crippen molar-refractivity contribution < 1.29 is 19.2 Å². The van der Waals surface area contributed by atoms with Crippen molar-refractivity contribution in [1.82, 2.24) is 14.6 Å². The van der Waals surface area contributed by atoms with Crippen LogP contribution in [0.1, 0.15) is 37.6 Å². The van der Waals surface area contributed by atoms with Gasteiger partial charge in [0.2, 0.25) is 5.75 Å². The van der Waals surface area contributed by atoms with Gasteiger partial charge >= 0.3 is 5.69 Å². The summed E-state index contributed by atoms with van der Waals surface area (Å²) in [7, 11) is 0. The van der Waals surface area contributed by atoms with E-state index in [-0.39, 0.29) is 41.0 Å². The predicted molar refractivity (Wildman–Crippen MR) is 141 cm³/mol. The van der Waals surface area contributed by atoms with Crippen molar-refractivity contribution in [2.45, 2.75) is 26.2 Å². The minimum atomic E-state index is -0.586. The first-order valence-electron chi connectivity index (χ1n) is 11.8. The molecule has 2 aromatic carbocycles. The first kappa shape index (κ1) is 26.4. The van der Waals surface area contributed by atoms with Gasteiger partial charge in [0.05, 0.1) is 35.3 Å². The van der Waals surface area contributed by atoms with Gasteiger partial charge in [-0.2, -0.15) is 9.78 Å². The number of fused-ring (bicyclic) bond motifs is 1. The fraction of sp³-hybridized carbons (Fsp3) is 0.360. The lowest BCUT2D eigenvalue weighted by atomic mass is 10.1. The number of morpholine rings is 1. The Hall–Kier alpha value is -3.64. The first-order valence-corrected chi connectivity index (χ1v) is 12.6. The summed E-state index contributed by atoms with van der Waals surface area (Å²) in [5.41, 5.74) is 0.123. The number of nitro benzene ring substituents is 1. The van der Waals surface area contributed by atoms with E-state index < -0.39 is 4.92 Å². The van der Waals surface area contributed by atoms with E-state index in [4.69, 9.17) is 9.47 Å². The lowest BCUT2D eigenvalue weighted by molar-refractivity contribution is -0.385. The number of hydrogen-bond donors (Lipinski definition) is 0. The monoisotopic (exact) mass is 571 g/mol. The molecular weight excluding hydrogens is 546 g/mol. The van der Waals surface area contributed by atoms with Crippen LogP contribution in [0, 0.1) is 10.1 Å². The summed E-state index contributed by atoms with van der Waals surface area (Å²) < 4.78 is 12.9. The molecule has 1 aromatic heterocycles. The molecule has 37 heavy (non-hydrogen) atoms. The molecule has 0 N–H and O–H groups in total. The predicted octanol–water partition coefficient (Wildman–Crippen LogP) is 3.70. The Bertz CT molecular complexity index is 1420. The number of rotatable bonds is 8. The summed E-state index contributed by atoms with van der Waals surface area (Å²) in [4.78, 5) is 43.3. The number of halogens is 1. The first-order chi connectivity index (χ1) is 17.8. The van der Waals surface area contributed by atoms with E-state index >= 15 is 0 Å². The van der Waals surface area contributed by atoms with Crippen LogP contribution >= 0.6 is 15.9 Å². The van der Waals surface area contributed by atoms with Gasteiger partial charge in [-0.3, -0.25) is 19.7 Å². The van der Waals surface area contributed by atoms with Crippen molar-refractivity contribution in [3.8, 4) is 5.75 Å². The van der Waals surface area contributed by atoms with E-state index in [9.17, 15) is 19.7 Å². The van der Waals surface area contributed by atoms with Gasteiger partial charge in [-0.1, -0.05) is 35.8 Å². The third-order valence-corrected chi connectivity index (χ3v) is 6.62. The molecule has 3 aromatic rings. The van der Waals surface area contributed by atoms with Gasteiger partial charge in [0.1, 0.15) is 5.82 Å². The number of nitrogens with zero attached hydrogens (tertiary/aromatic N) is 5. The molecule has 4 rings (SSSR count). The van der Waals surface area contributed by atoms with Gasteiger partial charge < -0.3 is 14.4 Å². The highest BCUT2D eigenvalue weighted by molar-refractivity contribution is 9.10. The molecule has 11 nitrogen and oxygen atoms in total. The number of para-hydroxylation sites is 1. The molecular formula is C25H26BrN5O6. The molecule has 1 aliphatic rings. The lowest BCUT2D eigenvalue weighted by Gasteiger charge is -2.26. The van der Waals surface area contributed by atoms with E-state index in [1.54, 1.807) is 23.1 Å². The SMILES string of the molecule is CC[C@@H](C)c1nc2ccc(Br)cc2c(=O)n1N=Cc1cccc([N+](=O)[O-])c1OCC(=O)N1CCOCC1. The zero-order valence-corrected chi connectivity index (χ0v) is 22.0. The number of nitro groups is 1. The molecule has 0 aliphatic carbocycles. The maximum Gasteiger partial charge on any atom is 0.311 e. The molecule has 0 bridgehead atoms. The van der Waals surface area contributed by atoms with E-state index in [1.807, 2.05) is 19.9 Å². The third-order valence-electron chi connectivity index (χ3n) is 6.12. The van der Waals surface area contributed by atoms with Crippen molar-refractivity contribution >= 4 is 44.6 Å². The van der Waals surface area contributed by atoms with Gasteiger partial charge in [-0.15, -0.1) is 0 Å². The molecule has 1 saturated heterocycles. The quantitative estimate of drug-likeness (QED) is 0.229. The van der Waals surface area contributed by atoms with Crippen molar-refractivity contribution in [3.05, 3.63) is 72.7 Å². The molecule has 194 valence electrons. The molecule has 2 heterocycles. The zero-order valence-electron chi connectivity index (χ0n) is 20.4. The number of hydrogen-bond acceptors (Lipinski definition) is 8. The topological polar surface area (TPSA) is 129 Å². The standard InChI is InChI=1S/C25H26BrN5O6/c1-3-16(2)24-28-20-8-7-18(26)13-19(20)25(33)30(24)27-14-17-5-4-6-21(31(34)35)23(17)37-15-22(32)29-9-11-36-12-10-29/h4-8,13-14,16H,3,9-12,15H2,1-2H3/t16-/m1/s1. The summed E-state index contributed by atoms with van der Waals surface area (Å²) in [5.74, 6) is -0.0183. The Kier molecular flexibility index (Phi) is 8.29. The van der Waals surface area contributed by atoms with E-state index in [1.165, 1.54) is 23.0 Å². The third kappa shape index (κ3) is 5.86. The van der Waals surface area contributed by atoms with Crippen molar-refractivity contribution in [3.63, 3.8) is 0 Å². The second-order valence-electron chi connectivity index (χ2n) is 8.54. The van der Waals surface area contributed by atoms with Crippen LogP contribution in [0.5, 0.6) is 5.75 Å². The van der Waals surface area contributed by atoms with Gasteiger partial charge in [-0.05, 0) is 30.7 Å². The molecule has 0 unspecified atom stereocenters. The number of ether oxygens (including phenoxy) is 2. The van der Waals surface area contributed by atoms with Crippen LogP contribution in [-0.4, -0.2) is 64.5 Å². The highest BCUT2D eigenvalue weighted by Gasteiger charge is 2.23. The average molecular weight is 572 g/mol. The van der Waals surface area contributed by atoms with Crippen molar-refractivity contribution in [1.29, 1.82) is 0 Å². The normalized spacial score (nSPS) is 14.7. The maximum absolute atomic E-state index is 13.4. The van der Waals surface area contributed by atoms with E-state index in [2.05, 4.69) is 26.0 Å². The van der Waals surface area contributed by atoms with Gasteiger partial charge in [0, 0.05) is 35.1 Å². The lowest BCUT2D eigenvalue weighted by Crippen LogP contribution is -2.43. The van der Waals surface area contributed by atoms with Gasteiger partial charge in [0.15, 0.2) is 6.61 Å². The summed E-state index contributed by atoms with van der Waals surface area (Å²) >= 11 is 3.38. The minimum absolute atomic E-state index is 0.0788. The zero-order chi connectivity index (χ0) is 26.5. The Morgan fingerprint density at radius 1 is 1.32 bits per heavy atom. The Balaban J connectivity index is 1.73. The van der Waals surface area contributed by atoms with Crippen molar-refractivity contribution in [2.24, 2.45) is 5.10 Å². The van der Waals surface area contributed by atoms with Crippen LogP contribution in [0.3, 0.4) is 0 Å². The number of amides is 1. The number of carbonyl (C=O) groups excluding carboxylic acids is 1. The van der Waals surface area contributed by atoms with E-state index in [0.29, 0.717) is 43.0 Å². The second-order valence-corrected chi connectivity index (χ2v) is 9.45. The van der Waals surface area contributed by atoms with Crippen LogP contribution in [0.4, 0.5) is 5.69 Å². The van der Waals surface area contributed by atoms with Gasteiger partial charge in [-0.25, -0.2) is 4.98 Å². The fourth-order valence-electron chi connectivity index (χ4n) is 3.88. The summed E-state index contributed by atoms with van der Waals surface area (Å²) in [6.45, 7) is 5.26. The van der Waals surface area contributed by atoms with Crippen LogP contribution in [0.25, 0.3) is 10.9 Å². The summed E-state index contributed by atoms with van der Waals surface area (Å²) in [6, 6.07) is 9.61. The average Bonchev–Trinajstić information content (AvgIpc) is 2.91. The Labute approximate surface area is 221 Å². The highest BCUT2D eigenvalue weighted by Crippen LogP contribution is 2.30. The molecule has 0 saturated carbocycles. The molecule has 1 amide bonds. The summed E-state index contributed by atoms with van der Waals surface area (Å²) in [5, 5.41) is 16.5. The largest absolute Gasteiger partial charge is 0.476 e. The molecule has 1 atom stereocenters. The number of carbonyl (C=O) groups is 1. The second kappa shape index (κ2) is 11.6. The molecule has 0 radical (unpaired) electrons. The fourth-order valence-corrected chi connectivity index (χ4v) is 4.24.